The Morgan fingerprint density at radius 1 is 1.58 bits per heavy atom. The molecule has 104 valence electrons. The fourth-order valence-electron chi connectivity index (χ4n) is 2.10. The highest BCUT2D eigenvalue weighted by molar-refractivity contribution is 5.95. The van der Waals surface area contributed by atoms with Crippen molar-refractivity contribution in [2.24, 2.45) is 16.8 Å². The summed E-state index contributed by atoms with van der Waals surface area (Å²) in [5.41, 5.74) is 7.23. The molecule has 1 fully saturated rings. The second-order valence-electron chi connectivity index (χ2n) is 5.49. The van der Waals surface area contributed by atoms with Crippen molar-refractivity contribution < 1.29 is 5.21 Å². The Bertz CT molecular complexity index is 455. The molecule has 0 radical (unpaired) electrons. The van der Waals surface area contributed by atoms with Crippen molar-refractivity contribution in [3.05, 3.63) is 24.0 Å². The highest BCUT2D eigenvalue weighted by Gasteiger charge is 2.29. The van der Waals surface area contributed by atoms with Gasteiger partial charge in [-0.05, 0) is 37.3 Å². The number of nitrogens with two attached hydrogens (primary N) is 1. The fourth-order valence-corrected chi connectivity index (χ4v) is 2.10. The number of anilines is 1. The molecule has 1 aromatic heterocycles. The molecule has 1 heterocycles. The zero-order valence-corrected chi connectivity index (χ0v) is 11.6. The van der Waals surface area contributed by atoms with Gasteiger partial charge in [-0.1, -0.05) is 19.0 Å². The van der Waals surface area contributed by atoms with Crippen molar-refractivity contribution in [2.75, 3.05) is 11.4 Å². The van der Waals surface area contributed by atoms with E-state index in [2.05, 4.69) is 28.9 Å². The first kappa shape index (κ1) is 13.6. The van der Waals surface area contributed by atoms with Crippen LogP contribution in [0.3, 0.4) is 0 Å². The van der Waals surface area contributed by atoms with Crippen LogP contribution in [0.5, 0.6) is 0 Å². The number of hydrogen-bond acceptors (Lipinski definition) is 4. The Kier molecular flexibility index (Phi) is 4.24. The molecule has 3 N–H and O–H groups in total. The quantitative estimate of drug-likeness (QED) is 0.357. The molecule has 5 nitrogen and oxygen atoms in total. The molecule has 0 bridgehead atoms. The first-order valence-corrected chi connectivity index (χ1v) is 6.82. The summed E-state index contributed by atoms with van der Waals surface area (Å²) in [5, 5.41) is 11.7. The largest absolute Gasteiger partial charge is 0.409 e. The predicted octanol–water partition coefficient (Wildman–Crippen LogP) is 2.19. The van der Waals surface area contributed by atoms with E-state index in [9.17, 15) is 0 Å². The van der Waals surface area contributed by atoms with Crippen LogP contribution >= 0.6 is 0 Å². The zero-order chi connectivity index (χ0) is 13.8. The molecule has 0 atom stereocenters. The number of amidine groups is 1. The summed E-state index contributed by atoms with van der Waals surface area (Å²) in [6.45, 7) is 5.51. The Labute approximate surface area is 114 Å². The van der Waals surface area contributed by atoms with Crippen molar-refractivity contribution in [3.63, 3.8) is 0 Å². The normalized spacial score (nSPS) is 15.8. The minimum atomic E-state index is 0.0569. The van der Waals surface area contributed by atoms with E-state index in [1.54, 1.807) is 6.20 Å². The third-order valence-electron chi connectivity index (χ3n) is 3.38. The van der Waals surface area contributed by atoms with Crippen LogP contribution in [0.2, 0.25) is 0 Å². The molecular weight excluding hydrogens is 240 g/mol. The summed E-state index contributed by atoms with van der Waals surface area (Å²) in [4.78, 5) is 6.54. The topological polar surface area (TPSA) is 74.7 Å². The summed E-state index contributed by atoms with van der Waals surface area (Å²) >= 11 is 0. The molecule has 0 aliphatic heterocycles. The van der Waals surface area contributed by atoms with Gasteiger partial charge < -0.3 is 15.8 Å². The lowest BCUT2D eigenvalue weighted by atomic mass is 10.1. The average Bonchev–Trinajstić information content (AvgIpc) is 3.23. The van der Waals surface area contributed by atoms with E-state index in [0.717, 1.165) is 18.7 Å². The van der Waals surface area contributed by atoms with Gasteiger partial charge >= 0.3 is 0 Å². The van der Waals surface area contributed by atoms with E-state index < -0.39 is 0 Å². The summed E-state index contributed by atoms with van der Waals surface area (Å²) in [6, 6.07) is 4.53. The minimum absolute atomic E-state index is 0.0569. The SMILES string of the molecule is CC(C)CCN(c1ccnc(/C(N)=N/O)c1)C1CC1. The van der Waals surface area contributed by atoms with E-state index in [0.29, 0.717) is 17.7 Å². The van der Waals surface area contributed by atoms with Gasteiger partial charge in [0.2, 0.25) is 0 Å². The van der Waals surface area contributed by atoms with E-state index in [4.69, 9.17) is 10.9 Å². The van der Waals surface area contributed by atoms with Crippen LogP contribution in [0.15, 0.2) is 23.5 Å². The molecule has 19 heavy (non-hydrogen) atoms. The highest BCUT2D eigenvalue weighted by atomic mass is 16.4. The molecule has 5 heteroatoms. The molecule has 2 rings (SSSR count). The maximum absolute atomic E-state index is 8.72. The van der Waals surface area contributed by atoms with Crippen molar-refractivity contribution >= 4 is 11.5 Å². The van der Waals surface area contributed by atoms with Gasteiger partial charge in [-0.2, -0.15) is 0 Å². The number of pyridine rings is 1. The number of aromatic nitrogens is 1. The Balaban J connectivity index is 2.17. The first-order chi connectivity index (χ1) is 9.11. The lowest BCUT2D eigenvalue weighted by molar-refractivity contribution is 0.318. The van der Waals surface area contributed by atoms with E-state index >= 15 is 0 Å². The maximum Gasteiger partial charge on any atom is 0.188 e. The average molecular weight is 262 g/mol. The van der Waals surface area contributed by atoms with Crippen molar-refractivity contribution in [1.82, 2.24) is 4.98 Å². The van der Waals surface area contributed by atoms with Crippen LogP contribution in [0.4, 0.5) is 5.69 Å². The van der Waals surface area contributed by atoms with E-state index in [1.165, 1.54) is 12.8 Å². The van der Waals surface area contributed by atoms with Crippen molar-refractivity contribution in [1.29, 1.82) is 0 Å². The molecule has 0 saturated heterocycles. The second kappa shape index (κ2) is 5.91. The molecule has 1 aliphatic rings. The van der Waals surface area contributed by atoms with Crippen LogP contribution in [0.25, 0.3) is 0 Å². The van der Waals surface area contributed by atoms with Gasteiger partial charge in [0.1, 0.15) is 5.69 Å². The van der Waals surface area contributed by atoms with E-state index in [1.807, 2.05) is 12.1 Å². The fraction of sp³-hybridized carbons (Fsp3) is 0.571. The van der Waals surface area contributed by atoms with Gasteiger partial charge in [-0.3, -0.25) is 4.98 Å². The third-order valence-corrected chi connectivity index (χ3v) is 3.38. The highest BCUT2D eigenvalue weighted by Crippen LogP contribution is 2.32. The molecule has 0 aromatic carbocycles. The smallest absolute Gasteiger partial charge is 0.188 e. The van der Waals surface area contributed by atoms with Crippen LogP contribution in [-0.4, -0.2) is 28.6 Å². The number of hydrogen-bond donors (Lipinski definition) is 2. The predicted molar refractivity (Wildman–Crippen MR) is 76.6 cm³/mol. The van der Waals surface area contributed by atoms with Crippen molar-refractivity contribution in [2.45, 2.75) is 39.2 Å². The minimum Gasteiger partial charge on any atom is -0.409 e. The third kappa shape index (κ3) is 3.59. The van der Waals surface area contributed by atoms with Crippen molar-refractivity contribution in [3.8, 4) is 0 Å². The van der Waals surface area contributed by atoms with Crippen LogP contribution in [-0.2, 0) is 0 Å². The first-order valence-electron chi connectivity index (χ1n) is 6.82. The Morgan fingerprint density at radius 2 is 2.32 bits per heavy atom. The number of oxime groups is 1. The van der Waals surface area contributed by atoms with Crippen LogP contribution < -0.4 is 10.6 Å². The van der Waals surface area contributed by atoms with Gasteiger partial charge in [-0.25, -0.2) is 0 Å². The van der Waals surface area contributed by atoms with Gasteiger partial charge in [0.25, 0.3) is 0 Å². The summed E-state index contributed by atoms with van der Waals surface area (Å²) in [7, 11) is 0. The second-order valence-corrected chi connectivity index (χ2v) is 5.49. The summed E-state index contributed by atoms with van der Waals surface area (Å²) in [6.07, 6.45) is 5.38. The monoisotopic (exact) mass is 262 g/mol. The van der Waals surface area contributed by atoms with Crippen LogP contribution in [0.1, 0.15) is 38.8 Å². The summed E-state index contributed by atoms with van der Waals surface area (Å²) in [5.74, 6) is 0.744. The molecule has 1 aromatic rings. The van der Waals surface area contributed by atoms with Gasteiger partial charge in [-0.15, -0.1) is 0 Å². The lowest BCUT2D eigenvalue weighted by Gasteiger charge is -2.25. The molecule has 1 saturated carbocycles. The number of rotatable bonds is 6. The van der Waals surface area contributed by atoms with E-state index in [-0.39, 0.29) is 5.84 Å². The molecule has 0 amide bonds. The van der Waals surface area contributed by atoms with Crippen LogP contribution in [0, 0.1) is 5.92 Å². The molecule has 1 aliphatic carbocycles. The molecule has 0 spiro atoms. The Hall–Kier alpha value is -1.78. The Morgan fingerprint density at radius 3 is 2.89 bits per heavy atom. The molecular formula is C14H22N4O. The molecule has 0 unspecified atom stereocenters. The van der Waals surface area contributed by atoms with Gasteiger partial charge in [0.05, 0.1) is 0 Å². The standard InChI is InChI=1S/C14H22N4O/c1-10(2)6-8-18(11-3-4-11)12-5-7-16-13(9-12)14(15)17-19/h5,7,9-11,19H,3-4,6,8H2,1-2H3,(H2,15,17). The van der Waals surface area contributed by atoms with Gasteiger partial charge in [0.15, 0.2) is 5.84 Å². The zero-order valence-electron chi connectivity index (χ0n) is 11.6. The summed E-state index contributed by atoms with van der Waals surface area (Å²) < 4.78 is 0. The lowest BCUT2D eigenvalue weighted by Crippen LogP contribution is -2.28. The van der Waals surface area contributed by atoms with Gasteiger partial charge in [0, 0.05) is 24.5 Å². The maximum atomic E-state index is 8.72. The number of nitrogens with zero attached hydrogens (tertiary/aromatic N) is 3.